The third kappa shape index (κ3) is 5.47. The number of ether oxygens (including phenoxy) is 3. The molecule has 4 heteroatoms. The molecule has 0 heterocycles. The summed E-state index contributed by atoms with van der Waals surface area (Å²) in [7, 11) is 0. The smallest absolute Gasteiger partial charge is 0.340 e. The second-order valence-electron chi connectivity index (χ2n) is 3.41. The Balaban J connectivity index is 2.26. The number of hydrogen-bond acceptors (Lipinski definition) is 4. The maximum Gasteiger partial charge on any atom is 0.340 e. The first-order chi connectivity index (χ1) is 8.24. The normalized spacial score (nSPS) is 12.1. The monoisotopic (exact) mass is 238 g/mol. The van der Waals surface area contributed by atoms with E-state index >= 15 is 0 Å². The fourth-order valence-corrected chi connectivity index (χ4v) is 1.24. The maximum atomic E-state index is 11.6. The molecule has 1 aromatic carbocycles. The molecule has 4 nitrogen and oxygen atoms in total. The van der Waals surface area contributed by atoms with E-state index in [9.17, 15) is 4.79 Å². The first-order valence-electron chi connectivity index (χ1n) is 5.69. The lowest BCUT2D eigenvalue weighted by molar-refractivity contribution is -0.109. The van der Waals surface area contributed by atoms with Crippen molar-refractivity contribution in [2.45, 2.75) is 20.1 Å². The second-order valence-corrected chi connectivity index (χ2v) is 3.41. The topological polar surface area (TPSA) is 44.8 Å². The van der Waals surface area contributed by atoms with Crippen molar-refractivity contribution in [2.75, 3.05) is 19.8 Å². The fourth-order valence-electron chi connectivity index (χ4n) is 1.24. The van der Waals surface area contributed by atoms with E-state index in [0.717, 1.165) is 0 Å². The van der Waals surface area contributed by atoms with Crippen LogP contribution in [0.1, 0.15) is 24.2 Å². The zero-order valence-corrected chi connectivity index (χ0v) is 10.2. The van der Waals surface area contributed by atoms with Crippen LogP contribution in [0.15, 0.2) is 30.3 Å². The second kappa shape index (κ2) is 7.81. The molecule has 0 aliphatic rings. The largest absolute Gasteiger partial charge is 0.432 e. The van der Waals surface area contributed by atoms with Crippen LogP contribution in [-0.2, 0) is 14.2 Å². The van der Waals surface area contributed by atoms with Gasteiger partial charge in [0.15, 0.2) is 0 Å². The Hall–Kier alpha value is -1.39. The van der Waals surface area contributed by atoms with Crippen LogP contribution in [0.25, 0.3) is 0 Å². The Morgan fingerprint density at radius 1 is 1.24 bits per heavy atom. The standard InChI is InChI=1S/C13H18O4/c1-3-15-9-10-16-11(2)17-13(14)12-7-5-4-6-8-12/h4-8,11H,3,9-10H2,1-2H3. The zero-order valence-electron chi connectivity index (χ0n) is 10.2. The highest BCUT2D eigenvalue weighted by atomic mass is 16.7. The van der Waals surface area contributed by atoms with E-state index in [4.69, 9.17) is 14.2 Å². The molecule has 0 spiro atoms. The van der Waals surface area contributed by atoms with Crippen LogP contribution < -0.4 is 0 Å². The van der Waals surface area contributed by atoms with Crippen molar-refractivity contribution in [3.05, 3.63) is 35.9 Å². The van der Waals surface area contributed by atoms with E-state index < -0.39 is 6.29 Å². The van der Waals surface area contributed by atoms with E-state index in [1.54, 1.807) is 31.2 Å². The van der Waals surface area contributed by atoms with Gasteiger partial charge in [-0.2, -0.15) is 0 Å². The Kier molecular flexibility index (Phi) is 6.29. The molecule has 94 valence electrons. The van der Waals surface area contributed by atoms with Gasteiger partial charge in [0.1, 0.15) is 0 Å². The number of rotatable bonds is 7. The van der Waals surface area contributed by atoms with Crippen LogP contribution in [0.5, 0.6) is 0 Å². The van der Waals surface area contributed by atoms with Crippen molar-refractivity contribution in [3.63, 3.8) is 0 Å². The SMILES string of the molecule is CCOCCOC(C)OC(=O)c1ccccc1. The van der Waals surface area contributed by atoms with E-state index in [2.05, 4.69) is 0 Å². The van der Waals surface area contributed by atoms with Crippen molar-refractivity contribution in [1.82, 2.24) is 0 Å². The summed E-state index contributed by atoms with van der Waals surface area (Å²) in [5.74, 6) is -0.380. The minimum absolute atomic E-state index is 0.380. The summed E-state index contributed by atoms with van der Waals surface area (Å²) in [6.45, 7) is 5.17. The molecule has 1 unspecified atom stereocenters. The highest BCUT2D eigenvalue weighted by Gasteiger charge is 2.11. The minimum Gasteiger partial charge on any atom is -0.432 e. The molecule has 1 rings (SSSR count). The molecule has 1 aromatic rings. The van der Waals surface area contributed by atoms with Gasteiger partial charge in [-0.15, -0.1) is 0 Å². The predicted octanol–water partition coefficient (Wildman–Crippen LogP) is 2.24. The molecule has 17 heavy (non-hydrogen) atoms. The molecular formula is C13H18O4. The number of carbonyl (C=O) groups is 1. The summed E-state index contributed by atoms with van der Waals surface area (Å²) in [4.78, 5) is 11.6. The van der Waals surface area contributed by atoms with Gasteiger partial charge in [-0.1, -0.05) is 18.2 Å². The molecule has 0 saturated carbocycles. The van der Waals surface area contributed by atoms with E-state index in [1.807, 2.05) is 13.0 Å². The highest BCUT2D eigenvalue weighted by molar-refractivity contribution is 5.89. The van der Waals surface area contributed by atoms with Gasteiger partial charge < -0.3 is 14.2 Å². The summed E-state index contributed by atoms with van der Waals surface area (Å²) in [6.07, 6.45) is -0.567. The number of esters is 1. The minimum atomic E-state index is -0.567. The summed E-state index contributed by atoms with van der Waals surface area (Å²) < 4.78 is 15.5. The lowest BCUT2D eigenvalue weighted by Crippen LogP contribution is -2.20. The summed E-state index contributed by atoms with van der Waals surface area (Å²) in [5.41, 5.74) is 0.521. The Morgan fingerprint density at radius 2 is 1.94 bits per heavy atom. The van der Waals surface area contributed by atoms with Crippen molar-refractivity contribution in [1.29, 1.82) is 0 Å². The quantitative estimate of drug-likeness (QED) is 0.415. The van der Waals surface area contributed by atoms with E-state index in [-0.39, 0.29) is 5.97 Å². The van der Waals surface area contributed by atoms with Gasteiger partial charge in [0.2, 0.25) is 6.29 Å². The van der Waals surface area contributed by atoms with E-state index in [0.29, 0.717) is 25.4 Å². The van der Waals surface area contributed by atoms with Gasteiger partial charge in [-0.05, 0) is 26.0 Å². The van der Waals surface area contributed by atoms with Crippen molar-refractivity contribution < 1.29 is 19.0 Å². The van der Waals surface area contributed by atoms with Crippen LogP contribution in [0.2, 0.25) is 0 Å². The van der Waals surface area contributed by atoms with Crippen molar-refractivity contribution in [3.8, 4) is 0 Å². The van der Waals surface area contributed by atoms with Gasteiger partial charge in [0.25, 0.3) is 0 Å². The number of hydrogen-bond donors (Lipinski definition) is 0. The van der Waals surface area contributed by atoms with Crippen LogP contribution in [0.3, 0.4) is 0 Å². The predicted molar refractivity (Wildman–Crippen MR) is 63.8 cm³/mol. The fraction of sp³-hybridized carbons (Fsp3) is 0.462. The Labute approximate surface area is 101 Å². The van der Waals surface area contributed by atoms with Crippen LogP contribution in [-0.4, -0.2) is 32.1 Å². The molecule has 0 radical (unpaired) electrons. The molecular weight excluding hydrogens is 220 g/mol. The molecule has 1 atom stereocenters. The number of benzene rings is 1. The summed E-state index contributed by atoms with van der Waals surface area (Å²) >= 11 is 0. The van der Waals surface area contributed by atoms with Crippen LogP contribution >= 0.6 is 0 Å². The molecule has 0 bridgehead atoms. The van der Waals surface area contributed by atoms with Gasteiger partial charge in [-0.25, -0.2) is 4.79 Å². The van der Waals surface area contributed by atoms with Crippen LogP contribution in [0.4, 0.5) is 0 Å². The lowest BCUT2D eigenvalue weighted by atomic mass is 10.2. The molecule has 0 amide bonds. The molecule has 0 fully saturated rings. The average Bonchev–Trinajstić information content (AvgIpc) is 2.36. The summed E-state index contributed by atoms with van der Waals surface area (Å²) in [5, 5.41) is 0. The molecule has 0 aromatic heterocycles. The van der Waals surface area contributed by atoms with Gasteiger partial charge >= 0.3 is 5.97 Å². The van der Waals surface area contributed by atoms with E-state index in [1.165, 1.54) is 0 Å². The van der Waals surface area contributed by atoms with Gasteiger partial charge in [0.05, 0.1) is 18.8 Å². The number of carbonyl (C=O) groups excluding carboxylic acids is 1. The molecule has 0 N–H and O–H groups in total. The molecule has 0 aliphatic carbocycles. The lowest BCUT2D eigenvalue weighted by Gasteiger charge is -2.13. The van der Waals surface area contributed by atoms with Crippen LogP contribution in [0, 0.1) is 0 Å². The molecule has 0 aliphatic heterocycles. The third-order valence-corrected chi connectivity index (χ3v) is 2.07. The Bertz CT molecular complexity index is 323. The first kappa shape index (κ1) is 13.7. The van der Waals surface area contributed by atoms with Gasteiger partial charge in [0, 0.05) is 6.61 Å². The molecule has 0 saturated heterocycles. The average molecular weight is 238 g/mol. The summed E-state index contributed by atoms with van der Waals surface area (Å²) in [6, 6.07) is 8.83. The first-order valence-corrected chi connectivity index (χ1v) is 5.69. The van der Waals surface area contributed by atoms with Crippen molar-refractivity contribution in [2.24, 2.45) is 0 Å². The highest BCUT2D eigenvalue weighted by Crippen LogP contribution is 2.04. The third-order valence-electron chi connectivity index (χ3n) is 2.07. The zero-order chi connectivity index (χ0) is 12.5. The Morgan fingerprint density at radius 3 is 2.59 bits per heavy atom. The van der Waals surface area contributed by atoms with Gasteiger partial charge in [-0.3, -0.25) is 0 Å². The maximum absolute atomic E-state index is 11.6. The van der Waals surface area contributed by atoms with Crippen molar-refractivity contribution >= 4 is 5.97 Å².